The van der Waals surface area contributed by atoms with E-state index in [2.05, 4.69) is 0 Å². The summed E-state index contributed by atoms with van der Waals surface area (Å²) in [6, 6.07) is 0. The molecule has 4 nitrogen and oxygen atoms in total. The normalized spacial score (nSPS) is 21.5. The molecule has 0 aromatic carbocycles. The Hall–Kier alpha value is -0.610. The lowest BCUT2D eigenvalue weighted by Crippen LogP contribution is -2.32. The molecule has 0 aromatic rings. The van der Waals surface area contributed by atoms with Gasteiger partial charge in [-0.2, -0.15) is 0 Å². The van der Waals surface area contributed by atoms with Crippen LogP contribution in [0.2, 0.25) is 0 Å². The zero-order valence-electron chi connectivity index (χ0n) is 8.62. The van der Waals surface area contributed by atoms with Crippen LogP contribution in [-0.4, -0.2) is 40.3 Å². The molecule has 1 aliphatic rings. The summed E-state index contributed by atoms with van der Waals surface area (Å²) in [7, 11) is 0. The molecule has 0 bridgehead atoms. The van der Waals surface area contributed by atoms with E-state index in [1.54, 1.807) is 0 Å². The number of likely N-dealkylation sites (tertiary alicyclic amines) is 1. The number of alkyl halides is 1. The van der Waals surface area contributed by atoms with E-state index >= 15 is 0 Å². The van der Waals surface area contributed by atoms with Crippen LogP contribution in [0, 0.1) is 0 Å². The van der Waals surface area contributed by atoms with Crippen molar-refractivity contribution in [2.75, 3.05) is 12.4 Å². The third kappa shape index (κ3) is 3.47. The van der Waals surface area contributed by atoms with E-state index in [0.717, 1.165) is 30.6 Å². The number of rotatable bonds is 6. The molecule has 1 aliphatic heterocycles. The van der Waals surface area contributed by atoms with Crippen molar-refractivity contribution in [2.45, 2.75) is 38.2 Å². The van der Waals surface area contributed by atoms with Crippen molar-refractivity contribution in [3.63, 3.8) is 0 Å². The van der Waals surface area contributed by atoms with Gasteiger partial charge in [0.15, 0.2) is 0 Å². The monoisotopic (exact) mass is 233 g/mol. The summed E-state index contributed by atoms with van der Waals surface area (Å²) in [6.45, 7) is 0.428. The van der Waals surface area contributed by atoms with Crippen LogP contribution in [-0.2, 0) is 9.59 Å². The summed E-state index contributed by atoms with van der Waals surface area (Å²) >= 11 is 5.52. The molecule has 1 saturated heterocycles. The maximum atomic E-state index is 11.3. The van der Waals surface area contributed by atoms with Crippen LogP contribution >= 0.6 is 11.6 Å². The topological polar surface area (TPSA) is 57.6 Å². The first-order valence-corrected chi connectivity index (χ1v) is 5.78. The highest BCUT2D eigenvalue weighted by molar-refractivity contribution is 6.17. The lowest BCUT2D eigenvalue weighted by molar-refractivity contribution is -0.140. The first-order chi connectivity index (χ1) is 7.16. The first kappa shape index (κ1) is 12.5. The Labute approximate surface area is 94.2 Å². The fourth-order valence-corrected chi connectivity index (χ4v) is 1.81. The van der Waals surface area contributed by atoms with E-state index in [4.69, 9.17) is 16.7 Å². The van der Waals surface area contributed by atoms with E-state index in [-0.39, 0.29) is 12.3 Å². The summed E-state index contributed by atoms with van der Waals surface area (Å²) < 4.78 is 0. The van der Waals surface area contributed by atoms with Gasteiger partial charge in [-0.15, -0.1) is 11.6 Å². The Morgan fingerprint density at radius 2 is 1.93 bits per heavy atom. The average molecular weight is 234 g/mol. The van der Waals surface area contributed by atoms with Gasteiger partial charge in [0.25, 0.3) is 5.91 Å². The number of unbranched alkanes of at least 4 members (excludes halogenated alkanes) is 3. The number of carbonyl (C=O) groups excluding carboxylic acids is 2. The van der Waals surface area contributed by atoms with Crippen molar-refractivity contribution < 1.29 is 14.7 Å². The molecule has 1 N–H and O–H groups in total. The van der Waals surface area contributed by atoms with Gasteiger partial charge in [-0.1, -0.05) is 12.8 Å². The van der Waals surface area contributed by atoms with E-state index in [1.807, 2.05) is 0 Å². The molecule has 1 atom stereocenters. The molecule has 86 valence electrons. The lowest BCUT2D eigenvalue weighted by Gasteiger charge is -2.13. The summed E-state index contributed by atoms with van der Waals surface area (Å²) in [6.07, 6.45) is 2.57. The number of carbonyl (C=O) groups is 2. The Balaban J connectivity index is 2.21. The van der Waals surface area contributed by atoms with Crippen molar-refractivity contribution in [3.05, 3.63) is 0 Å². The van der Waals surface area contributed by atoms with Gasteiger partial charge in [0, 0.05) is 12.4 Å². The summed E-state index contributed by atoms with van der Waals surface area (Å²) in [5, 5.41) is 9.15. The minimum Gasteiger partial charge on any atom is -0.383 e. The molecule has 0 spiro atoms. The Kier molecular flexibility index (Phi) is 5.05. The minimum absolute atomic E-state index is 0.0550. The number of amides is 2. The van der Waals surface area contributed by atoms with Crippen LogP contribution in [0.1, 0.15) is 32.1 Å². The van der Waals surface area contributed by atoms with E-state index in [0.29, 0.717) is 12.4 Å². The molecular formula is C10H16ClNO3. The summed E-state index contributed by atoms with van der Waals surface area (Å²) in [5.41, 5.74) is 0. The number of nitrogens with zero attached hydrogens (tertiary/aromatic N) is 1. The summed E-state index contributed by atoms with van der Waals surface area (Å²) in [4.78, 5) is 23.7. The third-order valence-corrected chi connectivity index (χ3v) is 2.75. The predicted octanol–water partition coefficient (Wildman–Crippen LogP) is 0.905. The second-order valence-corrected chi connectivity index (χ2v) is 4.08. The second-order valence-electron chi connectivity index (χ2n) is 3.71. The van der Waals surface area contributed by atoms with Crippen LogP contribution in [0.3, 0.4) is 0 Å². The molecular weight excluding hydrogens is 218 g/mol. The molecule has 0 saturated carbocycles. The molecule has 15 heavy (non-hydrogen) atoms. The van der Waals surface area contributed by atoms with Crippen LogP contribution < -0.4 is 0 Å². The van der Waals surface area contributed by atoms with Crippen LogP contribution in [0.4, 0.5) is 0 Å². The average Bonchev–Trinajstić information content (AvgIpc) is 2.44. The number of hydrogen-bond donors (Lipinski definition) is 1. The predicted molar refractivity (Wildman–Crippen MR) is 56.5 cm³/mol. The first-order valence-electron chi connectivity index (χ1n) is 5.25. The summed E-state index contributed by atoms with van der Waals surface area (Å²) in [5.74, 6) is -0.0532. The van der Waals surface area contributed by atoms with Crippen LogP contribution in [0.25, 0.3) is 0 Å². The van der Waals surface area contributed by atoms with Gasteiger partial charge in [-0.05, 0) is 12.8 Å². The van der Waals surface area contributed by atoms with Crippen molar-refractivity contribution >= 4 is 23.4 Å². The van der Waals surface area contributed by atoms with E-state index in [9.17, 15) is 9.59 Å². The van der Waals surface area contributed by atoms with Crippen LogP contribution in [0.5, 0.6) is 0 Å². The maximum absolute atomic E-state index is 11.3. The van der Waals surface area contributed by atoms with Crippen molar-refractivity contribution in [3.8, 4) is 0 Å². The highest BCUT2D eigenvalue weighted by Crippen LogP contribution is 2.14. The molecule has 1 unspecified atom stereocenters. The van der Waals surface area contributed by atoms with Gasteiger partial charge in [-0.3, -0.25) is 14.5 Å². The fourth-order valence-electron chi connectivity index (χ4n) is 1.62. The molecule has 0 aliphatic carbocycles. The molecule has 0 radical (unpaired) electrons. The number of imide groups is 1. The van der Waals surface area contributed by atoms with Gasteiger partial charge in [0.2, 0.25) is 5.91 Å². The second kappa shape index (κ2) is 6.08. The zero-order valence-corrected chi connectivity index (χ0v) is 9.37. The SMILES string of the molecule is O=C1CC(O)C(=O)N1CCCCCCCl. The Morgan fingerprint density at radius 1 is 1.27 bits per heavy atom. The Morgan fingerprint density at radius 3 is 2.47 bits per heavy atom. The number of hydrogen-bond acceptors (Lipinski definition) is 3. The Bertz CT molecular complexity index is 245. The van der Waals surface area contributed by atoms with Crippen LogP contribution in [0.15, 0.2) is 0 Å². The van der Waals surface area contributed by atoms with Gasteiger partial charge in [0.05, 0.1) is 6.42 Å². The van der Waals surface area contributed by atoms with Gasteiger partial charge in [0.1, 0.15) is 6.10 Å². The zero-order chi connectivity index (χ0) is 11.3. The number of halogens is 1. The minimum atomic E-state index is -1.11. The fraction of sp³-hybridized carbons (Fsp3) is 0.800. The van der Waals surface area contributed by atoms with Gasteiger partial charge in [-0.25, -0.2) is 0 Å². The van der Waals surface area contributed by atoms with Crippen molar-refractivity contribution in [1.82, 2.24) is 4.90 Å². The molecule has 1 fully saturated rings. The quantitative estimate of drug-likeness (QED) is 0.421. The largest absolute Gasteiger partial charge is 0.383 e. The lowest BCUT2D eigenvalue weighted by atomic mass is 10.2. The van der Waals surface area contributed by atoms with E-state index in [1.165, 1.54) is 0 Å². The number of aliphatic hydroxyl groups excluding tert-OH is 1. The smallest absolute Gasteiger partial charge is 0.258 e. The molecule has 1 rings (SSSR count). The third-order valence-electron chi connectivity index (χ3n) is 2.49. The maximum Gasteiger partial charge on any atom is 0.258 e. The van der Waals surface area contributed by atoms with E-state index < -0.39 is 12.0 Å². The number of aliphatic hydroxyl groups is 1. The van der Waals surface area contributed by atoms with Crippen molar-refractivity contribution in [2.24, 2.45) is 0 Å². The molecule has 0 aromatic heterocycles. The van der Waals surface area contributed by atoms with Gasteiger partial charge < -0.3 is 5.11 Å². The highest BCUT2D eigenvalue weighted by atomic mass is 35.5. The standard InChI is InChI=1S/C10H16ClNO3/c11-5-3-1-2-4-6-12-9(14)7-8(13)10(12)15/h8,13H,1-7H2. The molecule has 1 heterocycles. The van der Waals surface area contributed by atoms with Gasteiger partial charge >= 0.3 is 0 Å². The molecule has 2 amide bonds. The van der Waals surface area contributed by atoms with Crippen molar-refractivity contribution in [1.29, 1.82) is 0 Å². The highest BCUT2D eigenvalue weighted by Gasteiger charge is 2.36. The molecule has 5 heteroatoms.